The second kappa shape index (κ2) is 12.9. The summed E-state index contributed by atoms with van der Waals surface area (Å²) >= 11 is 0. The first-order valence-corrected chi connectivity index (χ1v) is 13.7. The molecule has 2 aromatic carbocycles. The molecule has 11 heteroatoms. The zero-order valence-electron chi connectivity index (χ0n) is 25.0. The second-order valence-electron chi connectivity index (χ2n) is 12.5. The fourth-order valence-corrected chi connectivity index (χ4v) is 5.26. The Balaban J connectivity index is 2.29. The van der Waals surface area contributed by atoms with Gasteiger partial charge in [-0.1, -0.05) is 53.7 Å². The minimum absolute atomic E-state index is 0.0301. The normalized spacial score (nSPS) is 13.5. The molecule has 3 aromatic rings. The van der Waals surface area contributed by atoms with Crippen molar-refractivity contribution in [3.63, 3.8) is 0 Å². The van der Waals surface area contributed by atoms with Crippen molar-refractivity contribution in [1.29, 1.82) is 0 Å². The van der Waals surface area contributed by atoms with Crippen LogP contribution in [0.3, 0.4) is 0 Å². The van der Waals surface area contributed by atoms with Gasteiger partial charge in [0.1, 0.15) is 24.1 Å². The lowest BCUT2D eigenvalue weighted by molar-refractivity contribution is -0.147. The predicted octanol–water partition coefficient (Wildman–Crippen LogP) is 5.27. The van der Waals surface area contributed by atoms with Crippen molar-refractivity contribution >= 4 is 17.7 Å². The average Bonchev–Trinajstić information content (AvgIpc) is 3.27. The summed E-state index contributed by atoms with van der Waals surface area (Å²) in [7, 11) is 0. The summed E-state index contributed by atoms with van der Waals surface area (Å²) in [5.41, 5.74) is 11.5. The van der Waals surface area contributed by atoms with E-state index < -0.39 is 53.2 Å². The number of halogens is 2. The minimum Gasteiger partial charge on any atom is -0.450 e. The topological polar surface area (TPSA) is 137 Å². The number of aliphatic hydroxyl groups excluding tert-OH is 1. The molecular weight excluding hydrogens is 544 g/mol. The van der Waals surface area contributed by atoms with Gasteiger partial charge in [0.25, 0.3) is 0 Å². The van der Waals surface area contributed by atoms with Gasteiger partial charge >= 0.3 is 6.09 Å². The van der Waals surface area contributed by atoms with E-state index in [-0.39, 0.29) is 30.8 Å². The second-order valence-corrected chi connectivity index (χ2v) is 12.5. The summed E-state index contributed by atoms with van der Waals surface area (Å²) in [5, 5.41) is 10.2. The monoisotopic (exact) mass is 585 g/mol. The lowest BCUT2D eigenvalue weighted by Crippen LogP contribution is -2.54. The lowest BCUT2D eigenvalue weighted by Gasteiger charge is -2.48. The maximum absolute atomic E-state index is 15.0. The highest BCUT2D eigenvalue weighted by Crippen LogP contribution is 2.43. The number of anilines is 1. The first-order chi connectivity index (χ1) is 19.5. The van der Waals surface area contributed by atoms with Gasteiger partial charge in [0.15, 0.2) is 0 Å². The molecule has 3 rings (SSSR count). The van der Waals surface area contributed by atoms with Crippen molar-refractivity contribution in [3.05, 3.63) is 71.7 Å². The van der Waals surface area contributed by atoms with Gasteiger partial charge in [-0.05, 0) is 46.7 Å². The van der Waals surface area contributed by atoms with Crippen LogP contribution in [0.2, 0.25) is 0 Å². The molecule has 0 aliphatic heterocycles. The van der Waals surface area contributed by atoms with Gasteiger partial charge in [0.2, 0.25) is 5.91 Å². The smallest absolute Gasteiger partial charge is 0.404 e. The van der Waals surface area contributed by atoms with Crippen molar-refractivity contribution in [2.45, 2.75) is 66.6 Å². The summed E-state index contributed by atoms with van der Waals surface area (Å²) < 4.78 is 36.0. The summed E-state index contributed by atoms with van der Waals surface area (Å²) in [6, 6.07) is 9.09. The van der Waals surface area contributed by atoms with E-state index in [2.05, 4.69) is 0 Å². The number of aromatic nitrogens is 2. The maximum atomic E-state index is 15.0. The van der Waals surface area contributed by atoms with E-state index in [0.29, 0.717) is 11.5 Å². The zero-order chi connectivity index (χ0) is 31.4. The molecule has 0 fully saturated rings. The molecule has 0 saturated heterocycles. The Hall–Kier alpha value is -3.99. The number of rotatable bonds is 10. The quantitative estimate of drug-likeness (QED) is 0.278. The number of aliphatic hydroxyl groups is 1. The predicted molar refractivity (Wildman–Crippen MR) is 157 cm³/mol. The third kappa shape index (κ3) is 7.84. The molecule has 0 radical (unpaired) electrons. The number of nitrogens with zero attached hydrogens (tertiary/aromatic N) is 3. The van der Waals surface area contributed by atoms with Crippen LogP contribution in [-0.4, -0.2) is 50.8 Å². The van der Waals surface area contributed by atoms with E-state index in [1.54, 1.807) is 27.8 Å². The molecule has 1 heterocycles. The Morgan fingerprint density at radius 1 is 1.07 bits per heavy atom. The van der Waals surface area contributed by atoms with Crippen LogP contribution in [0.15, 0.2) is 48.7 Å². The van der Waals surface area contributed by atoms with Crippen molar-refractivity contribution in [1.82, 2.24) is 14.5 Å². The van der Waals surface area contributed by atoms with Crippen LogP contribution in [0, 0.1) is 22.5 Å². The molecule has 1 aromatic heterocycles. The minimum atomic E-state index is -0.936. The Morgan fingerprint density at radius 3 is 2.33 bits per heavy atom. The Kier molecular flexibility index (Phi) is 9.98. The summed E-state index contributed by atoms with van der Waals surface area (Å²) in [4.78, 5) is 31.4. The third-order valence-corrected chi connectivity index (χ3v) is 7.05. The molecule has 5 N–H and O–H groups in total. The van der Waals surface area contributed by atoms with E-state index in [1.807, 2.05) is 53.7 Å². The molecule has 0 spiro atoms. The van der Waals surface area contributed by atoms with Crippen LogP contribution in [0.5, 0.6) is 0 Å². The van der Waals surface area contributed by atoms with E-state index >= 15 is 0 Å². The maximum Gasteiger partial charge on any atom is 0.404 e. The van der Waals surface area contributed by atoms with E-state index in [1.165, 1.54) is 0 Å². The van der Waals surface area contributed by atoms with Gasteiger partial charge in [-0.3, -0.25) is 4.79 Å². The molecule has 0 aliphatic carbocycles. The van der Waals surface area contributed by atoms with Gasteiger partial charge in [-0.15, -0.1) is 0 Å². The highest BCUT2D eigenvalue weighted by atomic mass is 19.1. The van der Waals surface area contributed by atoms with E-state index in [9.17, 15) is 23.5 Å². The molecule has 0 saturated carbocycles. The number of imidazole rings is 1. The fourth-order valence-electron chi connectivity index (χ4n) is 5.26. The number of primary amides is 1. The van der Waals surface area contributed by atoms with Crippen molar-refractivity contribution in [3.8, 4) is 11.3 Å². The number of carbonyl (C=O) groups is 2. The van der Waals surface area contributed by atoms with Crippen LogP contribution in [0.1, 0.15) is 65.4 Å². The Morgan fingerprint density at radius 2 is 1.76 bits per heavy atom. The van der Waals surface area contributed by atoms with E-state index in [4.69, 9.17) is 21.2 Å². The standard InChI is InChI=1S/C31H41F2N5O4/c1-30(2,3)25(12-13-42-29(35)41)38(26(40)18-39)27(31(4,5)6)28-36-24(22-15-20(32)10-11-23(22)33)17-37(28)16-19-8-7-9-21(34)14-19/h7-11,14-15,17,25,27,39H,12-13,16,18,34H2,1-6H3,(H2,35,41)/t25?,27-/m0/s1. The van der Waals surface area contributed by atoms with Gasteiger partial charge < -0.3 is 30.8 Å². The number of hydrogen-bond donors (Lipinski definition) is 3. The van der Waals surface area contributed by atoms with E-state index in [0.717, 1.165) is 23.8 Å². The zero-order valence-corrected chi connectivity index (χ0v) is 25.0. The Labute approximate surface area is 245 Å². The van der Waals surface area contributed by atoms with Crippen molar-refractivity contribution in [2.24, 2.45) is 16.6 Å². The number of hydrogen-bond acceptors (Lipinski definition) is 6. The van der Waals surface area contributed by atoms with Crippen LogP contribution in [-0.2, 0) is 16.1 Å². The SMILES string of the molecule is CC(C)(C)C(CCOC(N)=O)N(C(=O)CO)[C@@H](c1nc(-c2cc(F)ccc2F)cn1Cc1cccc(N)c1)C(C)(C)C. The summed E-state index contributed by atoms with van der Waals surface area (Å²) in [6.45, 7) is 11.0. The molecule has 228 valence electrons. The van der Waals surface area contributed by atoms with Gasteiger partial charge in [-0.2, -0.15) is 0 Å². The number of amides is 2. The first-order valence-electron chi connectivity index (χ1n) is 13.7. The number of nitrogens with two attached hydrogens (primary N) is 2. The lowest BCUT2D eigenvalue weighted by atomic mass is 9.78. The average molecular weight is 586 g/mol. The molecule has 0 bridgehead atoms. The fraction of sp³-hybridized carbons (Fsp3) is 0.452. The van der Waals surface area contributed by atoms with Gasteiger partial charge in [0, 0.05) is 36.5 Å². The third-order valence-electron chi connectivity index (χ3n) is 7.05. The number of carbonyl (C=O) groups excluding carboxylic acids is 2. The molecule has 42 heavy (non-hydrogen) atoms. The Bertz CT molecular complexity index is 1410. The largest absolute Gasteiger partial charge is 0.450 e. The highest BCUT2D eigenvalue weighted by Gasteiger charge is 2.44. The highest BCUT2D eigenvalue weighted by molar-refractivity contribution is 5.78. The van der Waals surface area contributed by atoms with Gasteiger partial charge in [0.05, 0.1) is 18.3 Å². The number of ether oxygens (including phenoxy) is 1. The molecule has 0 aliphatic rings. The molecule has 2 atom stereocenters. The number of benzene rings is 2. The van der Waals surface area contributed by atoms with Crippen LogP contribution in [0.25, 0.3) is 11.3 Å². The van der Waals surface area contributed by atoms with Crippen molar-refractivity contribution in [2.75, 3.05) is 18.9 Å². The number of nitrogen functional groups attached to an aromatic ring is 1. The van der Waals surface area contributed by atoms with Crippen molar-refractivity contribution < 1.29 is 28.2 Å². The summed E-state index contributed by atoms with van der Waals surface area (Å²) in [6.07, 6.45) is 0.917. The van der Waals surface area contributed by atoms with Crippen LogP contribution in [0.4, 0.5) is 19.3 Å². The molecule has 9 nitrogen and oxygen atoms in total. The molecular formula is C31H41F2N5O4. The van der Waals surface area contributed by atoms with Crippen LogP contribution >= 0.6 is 0 Å². The van der Waals surface area contributed by atoms with Crippen LogP contribution < -0.4 is 11.5 Å². The summed E-state index contributed by atoms with van der Waals surface area (Å²) in [5.74, 6) is -1.44. The molecule has 2 amide bonds. The van der Waals surface area contributed by atoms with Gasteiger partial charge in [-0.25, -0.2) is 18.6 Å². The molecule has 1 unspecified atom stereocenters. The first kappa shape index (κ1) is 32.5.